The Morgan fingerprint density at radius 1 is 1.39 bits per heavy atom. The number of urea groups is 1. The molecule has 1 aliphatic heterocycles. The molecular formula is C10H17N3O5. The van der Waals surface area contributed by atoms with Gasteiger partial charge in [-0.3, -0.25) is 4.79 Å². The number of amides is 2. The van der Waals surface area contributed by atoms with Crippen LogP contribution in [0.2, 0.25) is 0 Å². The number of hydrogen-bond donors (Lipinski definition) is 4. The molecule has 2 amide bonds. The zero-order valence-electron chi connectivity index (χ0n) is 9.83. The number of rotatable bonds is 5. The van der Waals surface area contributed by atoms with Crippen LogP contribution in [-0.2, 0) is 9.59 Å². The van der Waals surface area contributed by atoms with Crippen molar-refractivity contribution < 1.29 is 24.6 Å². The summed E-state index contributed by atoms with van der Waals surface area (Å²) in [5.41, 5.74) is 5.64. The van der Waals surface area contributed by atoms with Crippen molar-refractivity contribution in [1.82, 2.24) is 10.2 Å². The fraction of sp³-hybridized carbons (Fsp3) is 0.700. The summed E-state index contributed by atoms with van der Waals surface area (Å²) < 4.78 is 0. The van der Waals surface area contributed by atoms with Crippen LogP contribution in [0.3, 0.4) is 0 Å². The van der Waals surface area contributed by atoms with Crippen molar-refractivity contribution in [3.05, 3.63) is 0 Å². The van der Waals surface area contributed by atoms with Gasteiger partial charge in [-0.25, -0.2) is 9.59 Å². The van der Waals surface area contributed by atoms with Crippen LogP contribution in [0.15, 0.2) is 0 Å². The number of likely N-dealkylation sites (tertiary alicyclic amines) is 1. The first-order valence-corrected chi connectivity index (χ1v) is 5.65. The third-order valence-electron chi connectivity index (χ3n) is 2.75. The second-order valence-electron chi connectivity index (χ2n) is 4.27. The molecule has 1 fully saturated rings. The predicted molar refractivity (Wildman–Crippen MR) is 61.0 cm³/mol. The van der Waals surface area contributed by atoms with E-state index in [1.165, 1.54) is 4.90 Å². The highest BCUT2D eigenvalue weighted by molar-refractivity contribution is 5.83. The molecule has 1 aliphatic rings. The minimum Gasteiger partial charge on any atom is -0.481 e. The molecule has 0 radical (unpaired) electrons. The van der Waals surface area contributed by atoms with Gasteiger partial charge in [0.2, 0.25) is 0 Å². The van der Waals surface area contributed by atoms with E-state index in [1.54, 1.807) is 0 Å². The number of carboxylic acids is 2. The monoisotopic (exact) mass is 259 g/mol. The molecule has 0 saturated carbocycles. The lowest BCUT2D eigenvalue weighted by Crippen LogP contribution is -2.47. The van der Waals surface area contributed by atoms with Crippen molar-refractivity contribution in [2.75, 3.05) is 13.1 Å². The standard InChI is InChI=1S/C10H17N3O5/c11-6-3-4-13(5-6)10(18)12-7(9(16)17)1-2-8(14)15/h6-7H,1-5,11H2,(H,12,18)(H,14,15)(H,16,17)/t6?,7-/m0/s1. The average Bonchev–Trinajstić information content (AvgIpc) is 2.70. The third kappa shape index (κ3) is 4.21. The fourth-order valence-electron chi connectivity index (χ4n) is 1.74. The molecule has 2 atom stereocenters. The summed E-state index contributed by atoms with van der Waals surface area (Å²) in [4.78, 5) is 34.4. The Morgan fingerprint density at radius 3 is 2.50 bits per heavy atom. The van der Waals surface area contributed by atoms with E-state index < -0.39 is 24.0 Å². The van der Waals surface area contributed by atoms with Gasteiger partial charge in [-0.05, 0) is 12.8 Å². The van der Waals surface area contributed by atoms with Crippen molar-refractivity contribution in [2.45, 2.75) is 31.3 Å². The van der Waals surface area contributed by atoms with E-state index in [1.807, 2.05) is 0 Å². The average molecular weight is 259 g/mol. The Hall–Kier alpha value is -1.83. The maximum atomic E-state index is 11.7. The molecule has 0 spiro atoms. The van der Waals surface area contributed by atoms with Gasteiger partial charge < -0.3 is 26.2 Å². The van der Waals surface area contributed by atoms with E-state index >= 15 is 0 Å². The van der Waals surface area contributed by atoms with E-state index in [0.29, 0.717) is 19.5 Å². The highest BCUT2D eigenvalue weighted by Gasteiger charge is 2.27. The molecule has 1 saturated heterocycles. The van der Waals surface area contributed by atoms with Crippen molar-refractivity contribution >= 4 is 18.0 Å². The molecule has 0 aromatic heterocycles. The third-order valence-corrected chi connectivity index (χ3v) is 2.75. The largest absolute Gasteiger partial charge is 0.481 e. The van der Waals surface area contributed by atoms with Crippen LogP contribution in [0.1, 0.15) is 19.3 Å². The Morgan fingerprint density at radius 2 is 2.06 bits per heavy atom. The van der Waals surface area contributed by atoms with Gasteiger partial charge in [0.1, 0.15) is 6.04 Å². The SMILES string of the molecule is NC1CCN(C(=O)N[C@@H](CCC(=O)O)C(=O)O)C1. The lowest BCUT2D eigenvalue weighted by molar-refractivity contribution is -0.140. The summed E-state index contributed by atoms with van der Waals surface area (Å²) in [6.45, 7) is 0.870. The van der Waals surface area contributed by atoms with Gasteiger partial charge in [-0.15, -0.1) is 0 Å². The molecule has 1 heterocycles. The number of carboxylic acid groups (broad SMARTS) is 2. The van der Waals surface area contributed by atoms with Crippen LogP contribution in [0.4, 0.5) is 4.79 Å². The summed E-state index contributed by atoms with van der Waals surface area (Å²) in [7, 11) is 0. The molecule has 18 heavy (non-hydrogen) atoms. The second kappa shape index (κ2) is 6.20. The molecule has 0 aliphatic carbocycles. The van der Waals surface area contributed by atoms with Crippen molar-refractivity contribution in [3.8, 4) is 0 Å². The zero-order chi connectivity index (χ0) is 13.7. The number of nitrogens with one attached hydrogen (secondary N) is 1. The number of nitrogens with zero attached hydrogens (tertiary/aromatic N) is 1. The minimum atomic E-state index is -1.24. The van der Waals surface area contributed by atoms with Gasteiger partial charge in [0.05, 0.1) is 0 Å². The van der Waals surface area contributed by atoms with E-state index in [-0.39, 0.29) is 18.9 Å². The van der Waals surface area contributed by atoms with Crippen molar-refractivity contribution in [3.63, 3.8) is 0 Å². The molecule has 8 nitrogen and oxygen atoms in total. The first-order valence-electron chi connectivity index (χ1n) is 5.65. The number of nitrogens with two attached hydrogens (primary N) is 1. The van der Waals surface area contributed by atoms with E-state index in [2.05, 4.69) is 5.32 Å². The summed E-state index contributed by atoms with van der Waals surface area (Å²) in [6.07, 6.45) is 0.230. The van der Waals surface area contributed by atoms with Crippen LogP contribution < -0.4 is 11.1 Å². The highest BCUT2D eigenvalue weighted by Crippen LogP contribution is 2.08. The van der Waals surface area contributed by atoms with E-state index in [0.717, 1.165) is 0 Å². The molecule has 1 rings (SSSR count). The molecule has 8 heteroatoms. The summed E-state index contributed by atoms with van der Waals surface area (Å²) in [5.74, 6) is -2.34. The first kappa shape index (κ1) is 14.2. The van der Waals surface area contributed by atoms with Gasteiger partial charge in [-0.2, -0.15) is 0 Å². The molecule has 5 N–H and O–H groups in total. The molecule has 102 valence electrons. The van der Waals surface area contributed by atoms with Gasteiger partial charge in [0, 0.05) is 25.6 Å². The molecule has 1 unspecified atom stereocenters. The number of aliphatic carboxylic acids is 2. The van der Waals surface area contributed by atoms with Crippen LogP contribution in [0, 0.1) is 0 Å². The van der Waals surface area contributed by atoms with E-state index in [9.17, 15) is 14.4 Å². The van der Waals surface area contributed by atoms with Gasteiger partial charge in [-0.1, -0.05) is 0 Å². The van der Waals surface area contributed by atoms with Crippen LogP contribution in [0.5, 0.6) is 0 Å². The highest BCUT2D eigenvalue weighted by atomic mass is 16.4. The Bertz CT molecular complexity index is 346. The number of hydrogen-bond acceptors (Lipinski definition) is 4. The molecule has 0 aromatic carbocycles. The quantitative estimate of drug-likeness (QED) is 0.503. The zero-order valence-corrected chi connectivity index (χ0v) is 9.83. The van der Waals surface area contributed by atoms with Crippen molar-refractivity contribution in [1.29, 1.82) is 0 Å². The predicted octanol–water partition coefficient (Wildman–Crippen LogP) is -0.953. The van der Waals surface area contributed by atoms with Crippen LogP contribution in [-0.4, -0.2) is 58.3 Å². The smallest absolute Gasteiger partial charge is 0.326 e. The number of carbonyl (C=O) groups excluding carboxylic acids is 1. The lowest BCUT2D eigenvalue weighted by Gasteiger charge is -2.20. The van der Waals surface area contributed by atoms with Gasteiger partial charge in [0.15, 0.2) is 0 Å². The van der Waals surface area contributed by atoms with Crippen LogP contribution >= 0.6 is 0 Å². The first-order chi connectivity index (χ1) is 8.40. The fourth-order valence-corrected chi connectivity index (χ4v) is 1.74. The second-order valence-corrected chi connectivity index (χ2v) is 4.27. The Balaban J connectivity index is 2.47. The lowest BCUT2D eigenvalue weighted by atomic mass is 10.1. The normalized spacial score (nSPS) is 20.5. The number of carbonyl (C=O) groups is 3. The van der Waals surface area contributed by atoms with E-state index in [4.69, 9.17) is 15.9 Å². The minimum absolute atomic E-state index is 0.0851. The summed E-state index contributed by atoms with van der Waals surface area (Å²) in [5, 5.41) is 19.7. The summed E-state index contributed by atoms with van der Waals surface area (Å²) >= 11 is 0. The maximum Gasteiger partial charge on any atom is 0.326 e. The van der Waals surface area contributed by atoms with Gasteiger partial charge >= 0.3 is 18.0 Å². The molecule has 0 bridgehead atoms. The Labute approximate surface area is 104 Å². The van der Waals surface area contributed by atoms with Gasteiger partial charge in [0.25, 0.3) is 0 Å². The van der Waals surface area contributed by atoms with Crippen molar-refractivity contribution in [2.24, 2.45) is 5.73 Å². The maximum absolute atomic E-state index is 11.7. The topological polar surface area (TPSA) is 133 Å². The van der Waals surface area contributed by atoms with Crippen LogP contribution in [0.25, 0.3) is 0 Å². The molecular weight excluding hydrogens is 242 g/mol. The Kier molecular flexibility index (Phi) is 4.90. The molecule has 0 aromatic rings. The summed E-state index contributed by atoms with van der Waals surface area (Å²) in [6, 6.07) is -1.79.